The Hall–Kier alpha value is -10.9. The number of hydrogen-bond acceptors (Lipinski definition) is 30. The highest BCUT2D eigenvalue weighted by Crippen LogP contribution is 2.34. The fourth-order valence-electron chi connectivity index (χ4n) is 15.0. The van der Waals surface area contributed by atoms with Crippen LogP contribution in [0.5, 0.6) is 0 Å². The van der Waals surface area contributed by atoms with Crippen molar-refractivity contribution >= 4 is 135 Å². The Balaban J connectivity index is 0.000000131. The SMILES string of the molecule is CC(C)(C)OC(=O)N1CCc2ccc(N)cc2C1.CC(C)n1c(=O)c2cnc(Nc3ccc4c(c3)CN(C(=O)OC(C)(C)C)CC4)nc2n1-c1csc(N2CCOCC2)n1.CC(C)n1c(=O)c2cnc(Nc3ccc4c(c3)CNCC4)nc2n1-c1csc(N2CCOCC2)n1.CSc1ncc2c(=O)n(C(C)C)n(-c3csc(N4CCOCC4)n3)c2n1. The summed E-state index contributed by atoms with van der Waals surface area (Å²) < 4.78 is 37.8. The van der Waals surface area contributed by atoms with Crippen LogP contribution in [0.4, 0.5) is 53.9 Å². The lowest BCUT2D eigenvalue weighted by Gasteiger charge is -2.31. The highest BCUT2D eigenvalue weighted by Gasteiger charge is 2.32. The minimum atomic E-state index is -0.547. The van der Waals surface area contributed by atoms with E-state index in [1.165, 1.54) is 34.0 Å². The van der Waals surface area contributed by atoms with Crippen LogP contribution in [0.15, 0.2) is 109 Å². The van der Waals surface area contributed by atoms with Gasteiger partial charge < -0.3 is 69.9 Å². The van der Waals surface area contributed by atoms with Gasteiger partial charge >= 0.3 is 12.2 Å². The van der Waals surface area contributed by atoms with E-state index in [0.717, 1.165) is 115 Å². The van der Waals surface area contributed by atoms with Gasteiger partial charge in [0.25, 0.3) is 16.7 Å². The molecule has 18 rings (SSSR count). The lowest BCUT2D eigenvalue weighted by Crippen LogP contribution is -2.39. The molecule has 3 saturated heterocycles. The molecular weight excluding hydrogens is 1620 g/mol. The summed E-state index contributed by atoms with van der Waals surface area (Å²) in [7, 11) is 0. The molecule has 121 heavy (non-hydrogen) atoms. The van der Waals surface area contributed by atoms with Crippen LogP contribution in [0.25, 0.3) is 50.6 Å². The van der Waals surface area contributed by atoms with E-state index in [0.29, 0.717) is 133 Å². The Morgan fingerprint density at radius 3 is 1.25 bits per heavy atom. The van der Waals surface area contributed by atoms with Crippen LogP contribution in [0.2, 0.25) is 0 Å². The molecule has 640 valence electrons. The second-order valence-corrected chi connectivity index (χ2v) is 36.1. The molecule has 6 aliphatic heterocycles. The van der Waals surface area contributed by atoms with Crippen LogP contribution in [-0.4, -0.2) is 211 Å². The monoisotopic (exact) mass is 1720 g/mol. The molecule has 15 heterocycles. The third kappa shape index (κ3) is 19.2. The molecule has 3 fully saturated rings. The summed E-state index contributed by atoms with van der Waals surface area (Å²) in [6.07, 6.45) is 8.79. The van der Waals surface area contributed by atoms with Crippen LogP contribution in [0, 0.1) is 0 Å². The van der Waals surface area contributed by atoms with Gasteiger partial charge in [-0.3, -0.25) is 14.4 Å². The molecule has 38 heteroatoms. The van der Waals surface area contributed by atoms with Crippen LogP contribution in [-0.2, 0) is 62.6 Å². The number of nitrogens with two attached hydrogens (primary N) is 1. The molecule has 6 aliphatic rings. The van der Waals surface area contributed by atoms with Gasteiger partial charge in [0.15, 0.2) is 54.9 Å². The maximum Gasteiger partial charge on any atom is 0.410 e. The Morgan fingerprint density at radius 1 is 0.479 bits per heavy atom. The molecule has 9 aromatic heterocycles. The molecule has 3 aromatic carbocycles. The van der Waals surface area contributed by atoms with Gasteiger partial charge in [-0.25, -0.2) is 72.6 Å². The van der Waals surface area contributed by atoms with Gasteiger partial charge in [-0.1, -0.05) is 30.0 Å². The van der Waals surface area contributed by atoms with E-state index < -0.39 is 11.2 Å². The van der Waals surface area contributed by atoms with Crippen molar-refractivity contribution in [3.63, 3.8) is 0 Å². The number of nitrogens with zero attached hydrogens (tertiary/aromatic N) is 20. The lowest BCUT2D eigenvalue weighted by atomic mass is 9.99. The lowest BCUT2D eigenvalue weighted by molar-refractivity contribution is 0.0214. The number of thiazole rings is 3. The molecule has 0 atom stereocenters. The molecule has 2 amide bonds. The summed E-state index contributed by atoms with van der Waals surface area (Å²) in [4.78, 5) is 116. The van der Waals surface area contributed by atoms with Crippen molar-refractivity contribution in [3.05, 3.63) is 154 Å². The van der Waals surface area contributed by atoms with Gasteiger partial charge in [-0.2, -0.15) is 9.97 Å². The third-order valence-corrected chi connectivity index (χ3v) is 24.0. The molecular formula is C83H104N24O10S4. The Bertz CT molecular complexity index is 5930. The van der Waals surface area contributed by atoms with Gasteiger partial charge in [0, 0.05) is 142 Å². The van der Waals surface area contributed by atoms with Crippen molar-refractivity contribution in [2.45, 2.75) is 156 Å². The number of benzene rings is 3. The number of hydrogen-bond donors (Lipinski definition) is 4. The van der Waals surface area contributed by atoms with Gasteiger partial charge in [-0.15, -0.1) is 34.0 Å². The Morgan fingerprint density at radius 2 is 0.851 bits per heavy atom. The number of amides is 2. The van der Waals surface area contributed by atoms with E-state index in [-0.39, 0.29) is 47.0 Å². The number of carbonyl (C=O) groups excluding carboxylic acids is 2. The first-order valence-corrected chi connectivity index (χ1v) is 44.7. The van der Waals surface area contributed by atoms with E-state index in [4.69, 9.17) is 54.3 Å². The molecule has 34 nitrogen and oxygen atoms in total. The van der Waals surface area contributed by atoms with Crippen molar-refractivity contribution in [3.8, 4) is 17.5 Å². The zero-order chi connectivity index (χ0) is 85.1. The number of nitrogen functional groups attached to an aromatic ring is 1. The summed E-state index contributed by atoms with van der Waals surface area (Å²) in [6.45, 7) is 36.3. The van der Waals surface area contributed by atoms with Crippen LogP contribution in [0.1, 0.15) is 135 Å². The van der Waals surface area contributed by atoms with Gasteiger partial charge in [0.1, 0.15) is 27.4 Å². The van der Waals surface area contributed by atoms with E-state index in [2.05, 4.69) is 74.9 Å². The second kappa shape index (κ2) is 36.4. The molecule has 12 aromatic rings. The zero-order valence-corrected chi connectivity index (χ0v) is 73.7. The van der Waals surface area contributed by atoms with E-state index >= 15 is 0 Å². The number of morpholine rings is 3. The molecule has 0 saturated carbocycles. The first-order chi connectivity index (χ1) is 58.1. The number of carbonyl (C=O) groups is 2. The number of aromatic nitrogens is 15. The number of ether oxygens (including phenoxy) is 5. The fraction of sp³-hybridized carbons (Fsp3) is 0.470. The maximum absolute atomic E-state index is 13.4. The predicted octanol–water partition coefficient (Wildman–Crippen LogP) is 12.1. The van der Waals surface area contributed by atoms with Crippen LogP contribution < -0.4 is 53.1 Å². The standard InChI is InChI=1S/C29H36N8O4S.C24H28N8O2S.C16H20N6O2S2.C14H20N2O2/c1-18(2)36-25(38)22-15-30-26(33-24(22)37(36)23-17-42-27(32-23)34-10-12-40-13-11-34)31-21-7-6-19-8-9-35(16-20(19)14-21)28(39)41-29(3,4)5;1-15(2)31-22(33)19-13-26-23(27-18-4-3-16-5-6-25-12-17(16)11-18)29-21(19)32(31)20-14-35-24(28-20)30-7-9-34-10-8-30;1-10(2)21-14(23)11-8-17-15(25-3)19-13(11)22(21)12-9-26-16(18-12)20-4-6-24-7-5-20;1-14(2,3)18-13(17)16-7-6-10-4-5-12(15)8-11(10)9-16/h6-7,14-15,17-18H,8-13,16H2,1-5H3,(H,30,31,33);3-4,11,13-15,25H,5-10,12H2,1-2H3,(H,26,27,29);8-10H,4-7H2,1-3H3;4-5,8H,6-7,9,15H2,1-3H3. The zero-order valence-electron chi connectivity index (χ0n) is 70.5. The summed E-state index contributed by atoms with van der Waals surface area (Å²) >= 11 is 6.13. The highest BCUT2D eigenvalue weighted by atomic mass is 32.2. The summed E-state index contributed by atoms with van der Waals surface area (Å²) in [5.74, 6) is 2.84. The minimum Gasteiger partial charge on any atom is -0.444 e. The summed E-state index contributed by atoms with van der Waals surface area (Å²) in [6, 6.07) is 18.1. The minimum absolute atomic E-state index is 0.0250. The van der Waals surface area contributed by atoms with Crippen LogP contribution in [0.3, 0.4) is 0 Å². The molecule has 0 aliphatic carbocycles. The van der Waals surface area contributed by atoms with Crippen molar-refractivity contribution < 1.29 is 33.3 Å². The third-order valence-electron chi connectivity index (χ3n) is 20.8. The van der Waals surface area contributed by atoms with Crippen molar-refractivity contribution in [1.29, 1.82) is 0 Å². The first-order valence-electron chi connectivity index (χ1n) is 40.8. The fourth-order valence-corrected chi connectivity index (χ4v) is 17.9. The summed E-state index contributed by atoms with van der Waals surface area (Å²) in [5.41, 5.74) is 15.7. The quantitative estimate of drug-likeness (QED) is 0.0446. The average molecular weight is 1730 g/mol. The summed E-state index contributed by atoms with van der Waals surface area (Å²) in [5, 5.41) is 20.7. The number of fused-ring (bicyclic) bond motifs is 6. The van der Waals surface area contributed by atoms with E-state index in [9.17, 15) is 24.0 Å². The maximum atomic E-state index is 13.4. The molecule has 0 bridgehead atoms. The smallest absolute Gasteiger partial charge is 0.410 e. The molecule has 0 unspecified atom stereocenters. The number of anilines is 8. The number of rotatable bonds is 14. The molecule has 0 radical (unpaired) electrons. The van der Waals surface area contributed by atoms with Crippen molar-refractivity contribution in [2.75, 3.05) is 136 Å². The Kier molecular flexibility index (Phi) is 25.6. The topological polar surface area (TPSA) is 355 Å². The highest BCUT2D eigenvalue weighted by molar-refractivity contribution is 7.98. The first kappa shape index (κ1) is 85.1. The van der Waals surface area contributed by atoms with E-state index in [1.54, 1.807) is 81.1 Å². The van der Waals surface area contributed by atoms with Crippen molar-refractivity contribution in [2.24, 2.45) is 0 Å². The number of nitrogens with one attached hydrogen (secondary N) is 3. The van der Waals surface area contributed by atoms with Crippen LogP contribution >= 0.6 is 45.8 Å². The van der Waals surface area contributed by atoms with Gasteiger partial charge in [0.05, 0.1) is 39.6 Å². The predicted molar refractivity (Wildman–Crippen MR) is 475 cm³/mol. The van der Waals surface area contributed by atoms with Crippen molar-refractivity contribution in [1.82, 2.24) is 88.1 Å². The Labute approximate surface area is 716 Å². The molecule has 0 spiro atoms. The normalized spacial score (nSPS) is 15.7. The van der Waals surface area contributed by atoms with Gasteiger partial charge in [0.2, 0.25) is 11.9 Å². The van der Waals surface area contributed by atoms with E-state index in [1.807, 2.05) is 145 Å². The molecule has 5 N–H and O–H groups in total. The largest absolute Gasteiger partial charge is 0.444 e. The number of thioether (sulfide) groups is 1. The second-order valence-electron chi connectivity index (χ2n) is 32.9. The van der Waals surface area contributed by atoms with Gasteiger partial charge in [-0.05, 0) is 185 Å². The average Bonchev–Trinajstić information content (AvgIpc) is 1.61.